The van der Waals surface area contributed by atoms with Crippen molar-refractivity contribution in [3.8, 4) is 0 Å². The van der Waals surface area contributed by atoms with Crippen LogP contribution >= 0.6 is 0 Å². The highest BCUT2D eigenvalue weighted by Gasteiger charge is 2.16. The minimum atomic E-state index is -2.55. The Labute approximate surface area is 77.4 Å². The molecule has 0 aromatic heterocycles. The van der Waals surface area contributed by atoms with E-state index in [0.29, 0.717) is 24.7 Å². The summed E-state index contributed by atoms with van der Waals surface area (Å²) in [7, 11) is -2.55. The zero-order chi connectivity index (χ0) is 9.73. The normalized spacial score (nSPS) is 24.2. The number of hydrogen-bond donors (Lipinski definition) is 1. The number of amides is 1. The van der Waals surface area contributed by atoms with Crippen LogP contribution < -0.4 is 5.32 Å². The third kappa shape index (κ3) is 4.12. The van der Waals surface area contributed by atoms with Gasteiger partial charge in [-0.1, -0.05) is 0 Å². The summed E-state index contributed by atoms with van der Waals surface area (Å²) in [5, 5.41) is 2.46. The molecule has 2 heterocycles. The van der Waals surface area contributed by atoms with Gasteiger partial charge in [-0.05, 0) is 12.8 Å². The zero-order valence-electron chi connectivity index (χ0n) is 7.28. The molecule has 0 bridgehead atoms. The first-order valence-corrected chi connectivity index (χ1v) is 6.03. The van der Waals surface area contributed by atoms with E-state index < -0.39 is 9.84 Å². The molecule has 0 aromatic rings. The minimum Gasteiger partial charge on any atom is -0.448 e. The van der Waals surface area contributed by atoms with Crippen LogP contribution in [0.5, 0.6) is 0 Å². The van der Waals surface area contributed by atoms with Crippen molar-refractivity contribution >= 4 is 15.9 Å². The molecule has 0 spiro atoms. The van der Waals surface area contributed by atoms with Gasteiger partial charge in [0.05, 0.1) is 18.1 Å². The summed E-state index contributed by atoms with van der Waals surface area (Å²) in [4.78, 5) is 9.91. The largest absolute Gasteiger partial charge is 0.448 e. The molecule has 76 valence electrons. The standard InChI is InChI=1S/C4H8O2S.C3H5NO2/c5-7(6)3-1-2-4-7;5-3-4-1-2-6-3/h1-4H2;1-2H2,(H,4,5). The van der Waals surface area contributed by atoms with Gasteiger partial charge in [-0.3, -0.25) is 0 Å². The number of ether oxygens (including phenoxy) is 1. The lowest BCUT2D eigenvalue weighted by atomic mass is 10.4. The Morgan fingerprint density at radius 3 is 2.00 bits per heavy atom. The fraction of sp³-hybridized carbons (Fsp3) is 0.857. The van der Waals surface area contributed by atoms with Crippen molar-refractivity contribution in [2.45, 2.75) is 12.8 Å². The molecule has 0 aromatic carbocycles. The highest BCUT2D eigenvalue weighted by Crippen LogP contribution is 2.08. The highest BCUT2D eigenvalue weighted by atomic mass is 32.2. The summed E-state index contributed by atoms with van der Waals surface area (Å²) in [5.41, 5.74) is 0. The van der Waals surface area contributed by atoms with E-state index in [4.69, 9.17) is 0 Å². The van der Waals surface area contributed by atoms with Crippen LogP contribution in [-0.4, -0.2) is 39.2 Å². The van der Waals surface area contributed by atoms with Gasteiger partial charge in [0.1, 0.15) is 16.4 Å². The zero-order valence-corrected chi connectivity index (χ0v) is 8.10. The van der Waals surface area contributed by atoms with E-state index in [2.05, 4.69) is 10.1 Å². The van der Waals surface area contributed by atoms with Crippen molar-refractivity contribution in [2.24, 2.45) is 0 Å². The molecule has 0 radical (unpaired) electrons. The lowest BCUT2D eigenvalue weighted by Crippen LogP contribution is -2.11. The monoisotopic (exact) mass is 207 g/mol. The quantitative estimate of drug-likeness (QED) is 0.603. The van der Waals surface area contributed by atoms with Crippen molar-refractivity contribution in [3.63, 3.8) is 0 Å². The molecule has 2 saturated heterocycles. The van der Waals surface area contributed by atoms with Crippen molar-refractivity contribution in [2.75, 3.05) is 24.7 Å². The van der Waals surface area contributed by atoms with Gasteiger partial charge in [0.25, 0.3) is 0 Å². The van der Waals surface area contributed by atoms with Crippen LogP contribution in [0.25, 0.3) is 0 Å². The second-order valence-corrected chi connectivity index (χ2v) is 5.23. The fourth-order valence-corrected chi connectivity index (χ4v) is 2.59. The van der Waals surface area contributed by atoms with Crippen LogP contribution in [0.4, 0.5) is 4.79 Å². The molecule has 2 rings (SSSR count). The molecule has 1 amide bonds. The van der Waals surface area contributed by atoms with Crippen LogP contribution in [0.2, 0.25) is 0 Å². The Hall–Kier alpha value is -0.780. The number of hydrogen-bond acceptors (Lipinski definition) is 4. The smallest absolute Gasteiger partial charge is 0.407 e. The van der Waals surface area contributed by atoms with Gasteiger partial charge in [0, 0.05) is 0 Å². The van der Waals surface area contributed by atoms with E-state index in [9.17, 15) is 13.2 Å². The van der Waals surface area contributed by atoms with Gasteiger partial charge >= 0.3 is 6.09 Å². The maximum Gasteiger partial charge on any atom is 0.407 e. The van der Waals surface area contributed by atoms with Crippen molar-refractivity contribution in [1.82, 2.24) is 5.32 Å². The summed E-state index contributed by atoms with van der Waals surface area (Å²) < 4.78 is 25.3. The average Bonchev–Trinajstić information content (AvgIpc) is 2.62. The summed E-state index contributed by atoms with van der Waals surface area (Å²) in [6.07, 6.45) is 1.46. The number of carbonyl (C=O) groups excluding carboxylic acids is 1. The predicted octanol–water partition coefficient (Wildman–Crippen LogP) is -0.0788. The predicted molar refractivity (Wildman–Crippen MR) is 47.2 cm³/mol. The van der Waals surface area contributed by atoms with Crippen LogP contribution in [0.1, 0.15) is 12.8 Å². The lowest BCUT2D eigenvalue weighted by molar-refractivity contribution is 0.178. The highest BCUT2D eigenvalue weighted by molar-refractivity contribution is 7.91. The van der Waals surface area contributed by atoms with E-state index in [1.165, 1.54) is 0 Å². The second-order valence-electron chi connectivity index (χ2n) is 2.92. The van der Waals surface area contributed by atoms with Crippen molar-refractivity contribution < 1.29 is 17.9 Å². The average molecular weight is 207 g/mol. The molecule has 5 nitrogen and oxygen atoms in total. The molecular weight excluding hydrogens is 194 g/mol. The Morgan fingerprint density at radius 1 is 1.23 bits per heavy atom. The molecule has 2 aliphatic heterocycles. The van der Waals surface area contributed by atoms with Gasteiger partial charge in [0.2, 0.25) is 0 Å². The van der Waals surface area contributed by atoms with Gasteiger partial charge in [-0.25, -0.2) is 13.2 Å². The first-order valence-electron chi connectivity index (χ1n) is 4.21. The summed E-state index contributed by atoms with van der Waals surface area (Å²) >= 11 is 0. The molecule has 6 heteroatoms. The maximum absolute atomic E-state index is 10.4. The Morgan fingerprint density at radius 2 is 1.85 bits per heavy atom. The molecule has 0 unspecified atom stereocenters. The van der Waals surface area contributed by atoms with Gasteiger partial charge in [-0.2, -0.15) is 0 Å². The molecule has 0 aliphatic carbocycles. The molecule has 0 saturated carbocycles. The topological polar surface area (TPSA) is 72.5 Å². The second kappa shape index (κ2) is 4.45. The number of cyclic esters (lactones) is 1. The number of nitrogens with one attached hydrogen (secondary N) is 1. The summed E-state index contributed by atoms with van der Waals surface area (Å²) in [5.74, 6) is 0.847. The Bertz CT molecular complexity index is 252. The third-order valence-electron chi connectivity index (χ3n) is 1.77. The van der Waals surface area contributed by atoms with E-state index in [-0.39, 0.29) is 6.09 Å². The van der Waals surface area contributed by atoms with Crippen LogP contribution in [0.3, 0.4) is 0 Å². The van der Waals surface area contributed by atoms with E-state index in [1.807, 2.05) is 0 Å². The Kier molecular flexibility index (Phi) is 3.53. The Balaban J connectivity index is 0.000000132. The number of alkyl carbamates (subject to hydrolysis) is 1. The van der Waals surface area contributed by atoms with E-state index >= 15 is 0 Å². The first-order chi connectivity index (χ1) is 6.10. The summed E-state index contributed by atoms with van der Waals surface area (Å²) in [6.45, 7) is 1.19. The molecule has 2 aliphatic rings. The molecule has 0 atom stereocenters. The lowest BCUT2D eigenvalue weighted by Gasteiger charge is -1.81. The van der Waals surface area contributed by atoms with Crippen molar-refractivity contribution in [3.05, 3.63) is 0 Å². The minimum absolute atomic E-state index is 0.296. The fourth-order valence-electron chi connectivity index (χ4n) is 1.09. The van der Waals surface area contributed by atoms with Gasteiger partial charge in [0.15, 0.2) is 0 Å². The van der Waals surface area contributed by atoms with Crippen molar-refractivity contribution in [1.29, 1.82) is 0 Å². The molecular formula is C7H13NO4S. The number of carbonyl (C=O) groups is 1. The first kappa shape index (κ1) is 10.3. The molecule has 1 N–H and O–H groups in total. The SMILES string of the molecule is O=C1NCCO1.O=S1(=O)CCCC1. The van der Waals surface area contributed by atoms with Gasteiger partial charge in [-0.15, -0.1) is 0 Å². The van der Waals surface area contributed by atoms with E-state index in [0.717, 1.165) is 12.8 Å². The van der Waals surface area contributed by atoms with Crippen LogP contribution in [0, 0.1) is 0 Å². The number of rotatable bonds is 0. The van der Waals surface area contributed by atoms with E-state index in [1.54, 1.807) is 0 Å². The number of sulfone groups is 1. The maximum atomic E-state index is 10.4. The third-order valence-corrected chi connectivity index (χ3v) is 3.59. The molecule has 2 fully saturated rings. The summed E-state index contributed by atoms with van der Waals surface area (Å²) in [6, 6.07) is 0. The van der Waals surface area contributed by atoms with Crippen LogP contribution in [-0.2, 0) is 14.6 Å². The van der Waals surface area contributed by atoms with Crippen LogP contribution in [0.15, 0.2) is 0 Å². The molecule has 13 heavy (non-hydrogen) atoms. The van der Waals surface area contributed by atoms with Gasteiger partial charge < -0.3 is 10.1 Å².